The number of cyclic esters (lactones) is 1. The number of benzene rings is 1. The van der Waals surface area contributed by atoms with Crippen LogP contribution >= 0.6 is 11.6 Å². The Bertz CT molecular complexity index is 523. The first-order valence-electron chi connectivity index (χ1n) is 5.36. The van der Waals surface area contributed by atoms with Crippen LogP contribution in [-0.2, 0) is 9.53 Å². The molecule has 0 saturated carbocycles. The lowest BCUT2D eigenvalue weighted by Gasteiger charge is -2.18. The highest BCUT2D eigenvalue weighted by atomic mass is 35.5. The molecule has 1 aliphatic heterocycles. The molecular weight excluding hydrogens is 256 g/mol. The fourth-order valence-electron chi connectivity index (χ4n) is 1.48. The van der Waals surface area contributed by atoms with Crippen molar-refractivity contribution >= 4 is 23.3 Å². The van der Waals surface area contributed by atoms with Crippen LogP contribution in [0.15, 0.2) is 46.0 Å². The SMILES string of the molecule is C[C@H]1CC(O)=C(N=Nc2ccc(Cl)cc2)C(=O)O1. The van der Waals surface area contributed by atoms with E-state index in [-0.39, 0.29) is 24.0 Å². The molecule has 1 heterocycles. The van der Waals surface area contributed by atoms with Gasteiger partial charge in [0.25, 0.3) is 0 Å². The summed E-state index contributed by atoms with van der Waals surface area (Å²) in [7, 11) is 0. The van der Waals surface area contributed by atoms with Crippen LogP contribution in [-0.4, -0.2) is 17.2 Å². The molecular formula is C12H11ClN2O3. The first kappa shape index (κ1) is 12.6. The average molecular weight is 267 g/mol. The maximum atomic E-state index is 11.5. The number of hydrogen-bond donors (Lipinski definition) is 1. The van der Waals surface area contributed by atoms with Crippen molar-refractivity contribution in [3.05, 3.63) is 40.7 Å². The van der Waals surface area contributed by atoms with Crippen LogP contribution < -0.4 is 0 Å². The number of esters is 1. The van der Waals surface area contributed by atoms with Gasteiger partial charge in [-0.1, -0.05) is 11.6 Å². The molecule has 0 radical (unpaired) electrons. The molecule has 0 fully saturated rings. The number of hydrogen-bond acceptors (Lipinski definition) is 5. The van der Waals surface area contributed by atoms with E-state index in [1.54, 1.807) is 31.2 Å². The zero-order valence-electron chi connectivity index (χ0n) is 9.63. The largest absolute Gasteiger partial charge is 0.510 e. The minimum Gasteiger partial charge on any atom is -0.510 e. The van der Waals surface area contributed by atoms with Crippen molar-refractivity contribution in [2.75, 3.05) is 0 Å². The fourth-order valence-corrected chi connectivity index (χ4v) is 1.61. The highest BCUT2D eigenvalue weighted by Gasteiger charge is 2.26. The van der Waals surface area contributed by atoms with Gasteiger partial charge in [-0.3, -0.25) is 0 Å². The van der Waals surface area contributed by atoms with Crippen molar-refractivity contribution in [1.82, 2.24) is 0 Å². The Labute approximate surface area is 109 Å². The molecule has 6 heteroatoms. The van der Waals surface area contributed by atoms with E-state index in [0.717, 1.165) is 0 Å². The third-order valence-electron chi connectivity index (χ3n) is 2.35. The lowest BCUT2D eigenvalue weighted by atomic mass is 10.1. The molecule has 0 aliphatic carbocycles. The lowest BCUT2D eigenvalue weighted by Crippen LogP contribution is -2.23. The van der Waals surface area contributed by atoms with E-state index in [9.17, 15) is 9.90 Å². The van der Waals surface area contributed by atoms with Gasteiger partial charge in [0.1, 0.15) is 11.9 Å². The van der Waals surface area contributed by atoms with Gasteiger partial charge in [0.05, 0.1) is 5.69 Å². The van der Waals surface area contributed by atoms with Gasteiger partial charge in [-0.25, -0.2) is 4.79 Å². The highest BCUT2D eigenvalue weighted by molar-refractivity contribution is 6.30. The zero-order valence-corrected chi connectivity index (χ0v) is 10.4. The molecule has 0 saturated heterocycles. The topological polar surface area (TPSA) is 71.2 Å². The summed E-state index contributed by atoms with van der Waals surface area (Å²) in [5.74, 6) is -0.763. The number of azo groups is 1. The lowest BCUT2D eigenvalue weighted by molar-refractivity contribution is -0.145. The molecule has 1 aromatic carbocycles. The Morgan fingerprint density at radius 2 is 2.00 bits per heavy atom. The number of ether oxygens (including phenoxy) is 1. The van der Waals surface area contributed by atoms with E-state index in [1.807, 2.05) is 0 Å². The standard InChI is InChI=1S/C12H11ClN2O3/c1-7-6-10(16)11(12(17)18-7)15-14-9-4-2-8(13)3-5-9/h2-5,7,16H,6H2,1H3/t7-/m0/s1. The van der Waals surface area contributed by atoms with Crippen LogP contribution in [0, 0.1) is 0 Å². The molecule has 0 unspecified atom stereocenters. The summed E-state index contributed by atoms with van der Waals surface area (Å²) in [6.45, 7) is 1.70. The average Bonchev–Trinajstić information content (AvgIpc) is 2.30. The summed E-state index contributed by atoms with van der Waals surface area (Å²) >= 11 is 5.73. The first-order valence-corrected chi connectivity index (χ1v) is 5.74. The van der Waals surface area contributed by atoms with E-state index in [0.29, 0.717) is 10.7 Å². The normalized spacial score (nSPS) is 20.3. The number of carbonyl (C=O) groups excluding carboxylic acids is 1. The number of rotatable bonds is 2. The highest BCUT2D eigenvalue weighted by Crippen LogP contribution is 2.23. The minimum atomic E-state index is -0.663. The number of aliphatic hydroxyl groups is 1. The summed E-state index contributed by atoms with van der Waals surface area (Å²) in [6.07, 6.45) is -0.0901. The number of carbonyl (C=O) groups is 1. The van der Waals surface area contributed by atoms with Crippen molar-refractivity contribution in [2.45, 2.75) is 19.4 Å². The number of nitrogens with zero attached hydrogens (tertiary/aromatic N) is 2. The van der Waals surface area contributed by atoms with Gasteiger partial charge in [0, 0.05) is 11.4 Å². The zero-order chi connectivity index (χ0) is 13.1. The molecule has 94 valence electrons. The summed E-state index contributed by atoms with van der Waals surface area (Å²) in [5.41, 5.74) is 0.383. The predicted octanol–water partition coefficient (Wildman–Crippen LogP) is 3.53. The summed E-state index contributed by atoms with van der Waals surface area (Å²) in [4.78, 5) is 11.5. The molecule has 1 N–H and O–H groups in total. The van der Waals surface area contributed by atoms with Crippen molar-refractivity contribution in [3.8, 4) is 0 Å². The van der Waals surface area contributed by atoms with E-state index < -0.39 is 5.97 Å². The molecule has 1 atom stereocenters. The van der Waals surface area contributed by atoms with Gasteiger partial charge in [-0.15, -0.1) is 5.11 Å². The van der Waals surface area contributed by atoms with E-state index >= 15 is 0 Å². The minimum absolute atomic E-state index is 0.100. The Morgan fingerprint density at radius 1 is 1.33 bits per heavy atom. The Balaban J connectivity index is 2.20. The third kappa shape index (κ3) is 2.87. The molecule has 0 spiro atoms. The summed E-state index contributed by atoms with van der Waals surface area (Å²) < 4.78 is 4.95. The van der Waals surface area contributed by atoms with Crippen molar-refractivity contribution in [2.24, 2.45) is 10.2 Å². The predicted molar refractivity (Wildman–Crippen MR) is 65.8 cm³/mol. The monoisotopic (exact) mass is 266 g/mol. The molecule has 1 aromatic rings. The van der Waals surface area contributed by atoms with Gasteiger partial charge in [-0.05, 0) is 31.2 Å². The van der Waals surface area contributed by atoms with Crippen LogP contribution in [0.2, 0.25) is 5.02 Å². The Hall–Kier alpha value is -1.88. The molecule has 18 heavy (non-hydrogen) atoms. The van der Waals surface area contributed by atoms with Crippen LogP contribution in [0.25, 0.3) is 0 Å². The van der Waals surface area contributed by atoms with Crippen molar-refractivity contribution in [1.29, 1.82) is 0 Å². The third-order valence-corrected chi connectivity index (χ3v) is 2.60. The Morgan fingerprint density at radius 3 is 2.61 bits per heavy atom. The molecule has 1 aliphatic rings. The smallest absolute Gasteiger partial charge is 0.362 e. The fraction of sp³-hybridized carbons (Fsp3) is 0.250. The van der Waals surface area contributed by atoms with Gasteiger partial charge >= 0.3 is 5.97 Å². The van der Waals surface area contributed by atoms with Crippen molar-refractivity contribution in [3.63, 3.8) is 0 Å². The molecule has 0 amide bonds. The molecule has 5 nitrogen and oxygen atoms in total. The van der Waals surface area contributed by atoms with Crippen LogP contribution in [0.4, 0.5) is 5.69 Å². The number of aliphatic hydroxyl groups excluding tert-OH is 1. The second-order valence-electron chi connectivity index (χ2n) is 3.89. The van der Waals surface area contributed by atoms with E-state index in [2.05, 4.69) is 10.2 Å². The first-order chi connectivity index (χ1) is 8.56. The molecule has 0 aromatic heterocycles. The summed E-state index contributed by atoms with van der Waals surface area (Å²) in [5, 5.41) is 17.8. The van der Waals surface area contributed by atoms with Gasteiger partial charge in [-0.2, -0.15) is 5.11 Å². The van der Waals surface area contributed by atoms with Crippen LogP contribution in [0.3, 0.4) is 0 Å². The van der Waals surface area contributed by atoms with Crippen LogP contribution in [0.1, 0.15) is 13.3 Å². The summed E-state index contributed by atoms with van der Waals surface area (Å²) in [6, 6.07) is 6.62. The van der Waals surface area contributed by atoms with E-state index in [1.165, 1.54) is 0 Å². The molecule has 2 rings (SSSR count). The second-order valence-corrected chi connectivity index (χ2v) is 4.33. The van der Waals surface area contributed by atoms with Crippen LogP contribution in [0.5, 0.6) is 0 Å². The van der Waals surface area contributed by atoms with E-state index in [4.69, 9.17) is 16.3 Å². The molecule has 0 bridgehead atoms. The Kier molecular flexibility index (Phi) is 3.62. The maximum absolute atomic E-state index is 11.5. The maximum Gasteiger partial charge on any atom is 0.362 e. The van der Waals surface area contributed by atoms with Gasteiger partial charge in [0.2, 0.25) is 5.70 Å². The van der Waals surface area contributed by atoms with Crippen molar-refractivity contribution < 1.29 is 14.6 Å². The van der Waals surface area contributed by atoms with Gasteiger partial charge < -0.3 is 9.84 Å². The second kappa shape index (κ2) is 5.18. The quantitative estimate of drug-likeness (QED) is 0.657. The number of halogens is 1. The van der Waals surface area contributed by atoms with Gasteiger partial charge in [0.15, 0.2) is 0 Å².